The number of amides is 1. The van der Waals surface area contributed by atoms with E-state index in [0.717, 1.165) is 0 Å². The summed E-state index contributed by atoms with van der Waals surface area (Å²) in [4.78, 5) is 23.2. The van der Waals surface area contributed by atoms with Gasteiger partial charge in [0.05, 0.1) is 10.8 Å². The summed E-state index contributed by atoms with van der Waals surface area (Å²) in [6.45, 7) is 5.28. The van der Waals surface area contributed by atoms with Crippen molar-refractivity contribution in [1.82, 2.24) is 10.0 Å². The molecule has 0 heterocycles. The van der Waals surface area contributed by atoms with Crippen molar-refractivity contribution in [3.8, 4) is 0 Å². The summed E-state index contributed by atoms with van der Waals surface area (Å²) >= 11 is 0. The lowest BCUT2D eigenvalue weighted by molar-refractivity contribution is -0.141. The molecule has 0 spiro atoms. The number of rotatable bonds is 9. The Balaban J connectivity index is 2.86. The predicted molar refractivity (Wildman–Crippen MR) is 90.3 cm³/mol. The first-order valence-electron chi connectivity index (χ1n) is 7.80. The van der Waals surface area contributed by atoms with Crippen molar-refractivity contribution in [3.05, 3.63) is 29.8 Å². The van der Waals surface area contributed by atoms with Crippen molar-refractivity contribution in [2.45, 2.75) is 44.6 Å². The van der Waals surface area contributed by atoms with Crippen molar-refractivity contribution in [2.24, 2.45) is 5.92 Å². The first-order valence-corrected chi connectivity index (χ1v) is 9.29. The topological polar surface area (TPSA) is 113 Å². The summed E-state index contributed by atoms with van der Waals surface area (Å²) in [7, 11) is -3.69. The van der Waals surface area contributed by atoms with Crippen LogP contribution >= 0.6 is 0 Å². The molecule has 0 saturated carbocycles. The molecular weight excluding hydrogens is 332 g/mol. The number of carbonyl (C=O) groups is 2. The van der Waals surface area contributed by atoms with Gasteiger partial charge in [0.25, 0.3) is 5.91 Å². The molecule has 0 bridgehead atoms. The van der Waals surface area contributed by atoms with E-state index in [1.165, 1.54) is 24.3 Å². The van der Waals surface area contributed by atoms with Gasteiger partial charge in [0, 0.05) is 18.2 Å². The molecule has 0 aromatic heterocycles. The third kappa shape index (κ3) is 5.93. The van der Waals surface area contributed by atoms with Crippen LogP contribution in [0.3, 0.4) is 0 Å². The molecule has 0 aliphatic heterocycles. The van der Waals surface area contributed by atoms with Gasteiger partial charge < -0.3 is 10.4 Å². The Labute approximate surface area is 142 Å². The van der Waals surface area contributed by atoms with Crippen LogP contribution in [-0.4, -0.2) is 38.0 Å². The van der Waals surface area contributed by atoms with Crippen LogP contribution in [0.15, 0.2) is 29.2 Å². The second-order valence-corrected chi connectivity index (χ2v) is 7.55. The highest BCUT2D eigenvalue weighted by Gasteiger charge is 2.20. The molecule has 3 N–H and O–H groups in total. The second-order valence-electron chi connectivity index (χ2n) is 5.84. The number of carboxylic acids is 1. The van der Waals surface area contributed by atoms with Crippen LogP contribution in [0.2, 0.25) is 0 Å². The zero-order valence-corrected chi connectivity index (χ0v) is 14.9. The summed E-state index contributed by atoms with van der Waals surface area (Å²) in [5.74, 6) is -2.12. The van der Waals surface area contributed by atoms with E-state index < -0.39 is 27.8 Å². The van der Waals surface area contributed by atoms with Crippen LogP contribution in [0.4, 0.5) is 0 Å². The summed E-state index contributed by atoms with van der Waals surface area (Å²) in [6, 6.07) is 5.37. The first-order chi connectivity index (χ1) is 11.2. The van der Waals surface area contributed by atoms with Crippen LogP contribution in [0.5, 0.6) is 0 Å². The highest BCUT2D eigenvalue weighted by molar-refractivity contribution is 7.89. The number of hydrogen-bond donors (Lipinski definition) is 3. The minimum absolute atomic E-state index is 0.00320. The van der Waals surface area contributed by atoms with E-state index in [0.29, 0.717) is 12.8 Å². The van der Waals surface area contributed by atoms with Gasteiger partial charge in [-0.05, 0) is 38.5 Å². The molecule has 8 heteroatoms. The molecule has 1 aromatic rings. The Morgan fingerprint density at radius 3 is 2.46 bits per heavy atom. The zero-order chi connectivity index (χ0) is 18.3. The van der Waals surface area contributed by atoms with E-state index in [9.17, 15) is 18.0 Å². The van der Waals surface area contributed by atoms with E-state index in [1.807, 2.05) is 6.92 Å². The van der Waals surface area contributed by atoms with Gasteiger partial charge in [-0.3, -0.25) is 9.59 Å². The van der Waals surface area contributed by atoms with Crippen molar-refractivity contribution >= 4 is 21.9 Å². The van der Waals surface area contributed by atoms with Gasteiger partial charge in [-0.25, -0.2) is 13.1 Å². The second kappa shape index (κ2) is 8.79. The number of sulfonamides is 1. The van der Waals surface area contributed by atoms with Gasteiger partial charge in [-0.15, -0.1) is 0 Å². The summed E-state index contributed by atoms with van der Waals surface area (Å²) in [5, 5.41) is 11.6. The lowest BCUT2D eigenvalue weighted by atomic mass is 10.0. The Hall–Kier alpha value is -1.93. The van der Waals surface area contributed by atoms with Crippen LogP contribution in [0.25, 0.3) is 0 Å². The van der Waals surface area contributed by atoms with Gasteiger partial charge in [0.15, 0.2) is 0 Å². The van der Waals surface area contributed by atoms with E-state index in [1.54, 1.807) is 13.8 Å². The highest BCUT2D eigenvalue weighted by atomic mass is 32.2. The molecule has 134 valence electrons. The molecule has 0 saturated heterocycles. The van der Waals surface area contributed by atoms with E-state index in [-0.39, 0.29) is 23.0 Å². The normalized spacial score (nSPS) is 12.8. The first kappa shape index (κ1) is 20.1. The molecule has 0 fully saturated rings. The molecule has 1 unspecified atom stereocenters. The Bertz CT molecular complexity index is 685. The average Bonchev–Trinajstić information content (AvgIpc) is 2.49. The van der Waals surface area contributed by atoms with Crippen molar-refractivity contribution < 1.29 is 23.1 Å². The highest BCUT2D eigenvalue weighted by Crippen LogP contribution is 2.13. The van der Waals surface area contributed by atoms with Crippen molar-refractivity contribution in [3.63, 3.8) is 0 Å². The molecule has 1 rings (SSSR count). The molecule has 24 heavy (non-hydrogen) atoms. The third-order valence-corrected chi connectivity index (χ3v) is 4.95. The SMILES string of the molecule is CCCC(CNC(=O)c1cccc(S(=O)(=O)NC(C)C)c1)C(=O)O. The summed E-state index contributed by atoms with van der Waals surface area (Å²) in [6.07, 6.45) is 1.16. The fourth-order valence-electron chi connectivity index (χ4n) is 2.16. The molecule has 0 aliphatic rings. The molecular formula is C16H24N2O5S. The predicted octanol–water partition coefficient (Wildman–Crippen LogP) is 1.60. The maximum atomic E-state index is 12.2. The summed E-state index contributed by atoms with van der Waals surface area (Å²) in [5.41, 5.74) is 0.169. The van der Waals surface area contributed by atoms with Crippen LogP contribution in [0, 0.1) is 5.92 Å². The van der Waals surface area contributed by atoms with Crippen LogP contribution in [-0.2, 0) is 14.8 Å². The quantitative estimate of drug-likeness (QED) is 0.622. The Kier molecular flexibility index (Phi) is 7.37. The molecule has 0 radical (unpaired) electrons. The minimum Gasteiger partial charge on any atom is -0.481 e. The van der Waals surface area contributed by atoms with E-state index >= 15 is 0 Å². The number of carboxylic acid groups (broad SMARTS) is 1. The van der Waals surface area contributed by atoms with E-state index in [2.05, 4.69) is 10.0 Å². The van der Waals surface area contributed by atoms with Gasteiger partial charge in [-0.1, -0.05) is 19.4 Å². The average molecular weight is 356 g/mol. The van der Waals surface area contributed by atoms with Gasteiger partial charge in [-0.2, -0.15) is 0 Å². The number of carbonyl (C=O) groups excluding carboxylic acids is 1. The molecule has 1 atom stereocenters. The van der Waals surface area contributed by atoms with Gasteiger partial charge >= 0.3 is 5.97 Å². The fraction of sp³-hybridized carbons (Fsp3) is 0.500. The van der Waals surface area contributed by atoms with Gasteiger partial charge in [0.2, 0.25) is 10.0 Å². The molecule has 0 aliphatic carbocycles. The molecule has 1 aromatic carbocycles. The van der Waals surface area contributed by atoms with Gasteiger partial charge in [0.1, 0.15) is 0 Å². The van der Waals surface area contributed by atoms with E-state index in [4.69, 9.17) is 5.11 Å². The van der Waals surface area contributed by atoms with Crippen molar-refractivity contribution in [2.75, 3.05) is 6.54 Å². The third-order valence-electron chi connectivity index (χ3n) is 3.29. The number of hydrogen-bond acceptors (Lipinski definition) is 4. The monoisotopic (exact) mass is 356 g/mol. The molecule has 7 nitrogen and oxygen atoms in total. The number of nitrogens with one attached hydrogen (secondary N) is 2. The Morgan fingerprint density at radius 1 is 1.25 bits per heavy atom. The Morgan fingerprint density at radius 2 is 1.92 bits per heavy atom. The largest absolute Gasteiger partial charge is 0.481 e. The minimum atomic E-state index is -3.69. The fourth-order valence-corrected chi connectivity index (χ4v) is 3.46. The molecule has 1 amide bonds. The zero-order valence-electron chi connectivity index (χ0n) is 14.1. The van der Waals surface area contributed by atoms with Crippen LogP contribution < -0.4 is 10.0 Å². The number of aliphatic carboxylic acids is 1. The van der Waals surface area contributed by atoms with Crippen LogP contribution in [0.1, 0.15) is 44.0 Å². The lowest BCUT2D eigenvalue weighted by Crippen LogP contribution is -2.33. The van der Waals surface area contributed by atoms with Crippen molar-refractivity contribution in [1.29, 1.82) is 0 Å². The smallest absolute Gasteiger partial charge is 0.308 e. The number of benzene rings is 1. The summed E-state index contributed by atoms with van der Waals surface area (Å²) < 4.78 is 26.7. The maximum absolute atomic E-state index is 12.2. The maximum Gasteiger partial charge on any atom is 0.308 e. The standard InChI is InChI=1S/C16H24N2O5S/c1-4-6-13(16(20)21)10-17-15(19)12-7-5-8-14(9-12)24(22,23)18-11(2)3/h5,7-9,11,13,18H,4,6,10H2,1-3H3,(H,17,19)(H,20,21). The lowest BCUT2D eigenvalue weighted by Gasteiger charge is -2.13.